The number of hydrogen-bond donors (Lipinski definition) is 0. The molecule has 0 aliphatic rings. The number of nitrogens with zero attached hydrogens (tertiary/aromatic N) is 2. The molecule has 0 spiro atoms. The Morgan fingerprint density at radius 3 is 2.45 bits per heavy atom. The second kappa shape index (κ2) is 7.24. The number of aromatic nitrogens is 2. The zero-order valence-corrected chi connectivity index (χ0v) is 17.8. The maximum absolute atomic E-state index is 14.5. The van der Waals surface area contributed by atoms with Crippen LogP contribution in [0.2, 0.25) is 0 Å². The van der Waals surface area contributed by atoms with Crippen molar-refractivity contribution in [3.63, 3.8) is 0 Å². The molecular weight excluding hydrogens is 407 g/mol. The second-order valence-corrected chi connectivity index (χ2v) is 9.69. The van der Waals surface area contributed by atoms with Crippen LogP contribution in [0.4, 0.5) is 4.39 Å². The summed E-state index contributed by atoms with van der Waals surface area (Å²) < 4.78 is 39.9. The van der Waals surface area contributed by atoms with E-state index in [1.54, 1.807) is 17.4 Å². The summed E-state index contributed by atoms with van der Waals surface area (Å²) in [6.07, 6.45) is 1.00. The fraction of sp³-hybridized carbons (Fsp3) is 0.136. The first-order valence-electron chi connectivity index (χ1n) is 8.93. The molecule has 0 atom stereocenters. The highest BCUT2D eigenvalue weighted by Crippen LogP contribution is 2.31. The molecule has 2 heterocycles. The Morgan fingerprint density at radius 1 is 1.03 bits per heavy atom. The largest absolute Gasteiger partial charge is 0.314 e. The fourth-order valence-corrected chi connectivity index (χ4v) is 4.77. The fourth-order valence-electron chi connectivity index (χ4n) is 3.49. The number of hydrogen-bond acceptors (Lipinski definition) is 4. The van der Waals surface area contributed by atoms with E-state index in [1.807, 2.05) is 53.6 Å². The van der Waals surface area contributed by atoms with Crippen LogP contribution < -0.4 is 0 Å². The first-order chi connectivity index (χ1) is 13.8. The van der Waals surface area contributed by atoms with Gasteiger partial charge in [-0.1, -0.05) is 12.1 Å². The van der Waals surface area contributed by atoms with Crippen molar-refractivity contribution in [3.8, 4) is 28.2 Å². The average molecular weight is 427 g/mol. The lowest BCUT2D eigenvalue weighted by atomic mass is 10.1. The van der Waals surface area contributed by atoms with Crippen molar-refractivity contribution in [1.82, 2.24) is 9.55 Å². The van der Waals surface area contributed by atoms with Crippen LogP contribution in [0, 0.1) is 19.7 Å². The summed E-state index contributed by atoms with van der Waals surface area (Å²) in [5, 5.41) is 2.01. The maximum Gasteiger partial charge on any atom is 0.178 e. The van der Waals surface area contributed by atoms with E-state index in [2.05, 4.69) is 11.1 Å². The van der Waals surface area contributed by atoms with Crippen molar-refractivity contribution < 1.29 is 12.8 Å². The van der Waals surface area contributed by atoms with Gasteiger partial charge in [-0.3, -0.25) is 0 Å². The first kappa shape index (κ1) is 19.5. The van der Waals surface area contributed by atoms with Gasteiger partial charge in [0.1, 0.15) is 10.7 Å². The summed E-state index contributed by atoms with van der Waals surface area (Å²) in [7, 11) is -3.61. The molecule has 0 aliphatic heterocycles. The van der Waals surface area contributed by atoms with Crippen LogP contribution in [0.3, 0.4) is 0 Å². The lowest BCUT2D eigenvalue weighted by Crippen LogP contribution is -2.03. The van der Waals surface area contributed by atoms with Crippen molar-refractivity contribution >= 4 is 21.2 Å². The lowest BCUT2D eigenvalue weighted by Gasteiger charge is -2.15. The molecular formula is C22H19FN2O2S2. The Hall–Kier alpha value is -2.77. The molecule has 0 amide bonds. The molecule has 0 saturated carbocycles. The van der Waals surface area contributed by atoms with Crippen LogP contribution in [0.5, 0.6) is 0 Å². The predicted molar refractivity (Wildman–Crippen MR) is 115 cm³/mol. The molecule has 4 rings (SSSR count). The third-order valence-corrected chi connectivity index (χ3v) is 6.60. The van der Waals surface area contributed by atoms with Crippen LogP contribution in [-0.2, 0) is 9.84 Å². The molecule has 7 heteroatoms. The Bertz CT molecular complexity index is 1310. The van der Waals surface area contributed by atoms with Gasteiger partial charge in [-0.25, -0.2) is 17.8 Å². The summed E-state index contributed by atoms with van der Waals surface area (Å²) in [5.74, 6) is -0.745. The molecule has 0 radical (unpaired) electrons. The summed E-state index contributed by atoms with van der Waals surface area (Å²) >= 11 is 1.56. The smallest absolute Gasteiger partial charge is 0.178 e. The third-order valence-electron chi connectivity index (χ3n) is 4.88. The Balaban J connectivity index is 1.81. The number of benzene rings is 2. The summed E-state index contributed by atoms with van der Waals surface area (Å²) in [6.45, 7) is 4.02. The van der Waals surface area contributed by atoms with Crippen molar-refractivity contribution in [2.45, 2.75) is 18.7 Å². The zero-order chi connectivity index (χ0) is 20.8. The van der Waals surface area contributed by atoms with Gasteiger partial charge >= 0.3 is 0 Å². The minimum atomic E-state index is -3.61. The second-order valence-electron chi connectivity index (χ2n) is 6.99. The van der Waals surface area contributed by atoms with Crippen LogP contribution in [0.1, 0.15) is 11.3 Å². The first-order valence-corrected chi connectivity index (χ1v) is 11.8. The zero-order valence-electron chi connectivity index (χ0n) is 16.2. The molecule has 0 bridgehead atoms. The van der Waals surface area contributed by atoms with E-state index >= 15 is 0 Å². The van der Waals surface area contributed by atoms with Crippen molar-refractivity contribution in [2.24, 2.45) is 0 Å². The quantitative estimate of drug-likeness (QED) is 0.437. The molecule has 2 aromatic heterocycles. The third kappa shape index (κ3) is 3.63. The summed E-state index contributed by atoms with van der Waals surface area (Å²) in [6, 6.07) is 14.2. The Kier molecular flexibility index (Phi) is 4.88. The molecule has 29 heavy (non-hydrogen) atoms. The summed E-state index contributed by atoms with van der Waals surface area (Å²) in [4.78, 5) is 4.09. The SMILES string of the molecule is Cc1cc(-n2c(C)ccc2-c2ccc(S(C)(=O)=O)c(F)c2)ccc1-c1cscn1. The molecule has 0 unspecified atom stereocenters. The highest BCUT2D eigenvalue weighted by molar-refractivity contribution is 7.90. The van der Waals surface area contributed by atoms with E-state index in [0.29, 0.717) is 5.56 Å². The van der Waals surface area contributed by atoms with Gasteiger partial charge in [0.15, 0.2) is 9.84 Å². The number of thiazole rings is 1. The standard InChI is InChI=1S/C22H19FN2O2S2/c1-14-10-17(6-7-18(14)20-12-28-13-24-20)25-15(2)4-8-21(25)16-5-9-22(19(23)11-16)29(3,26)27/h4-13H,1-3H3. The maximum atomic E-state index is 14.5. The van der Waals surface area contributed by atoms with Gasteiger partial charge in [0, 0.05) is 34.1 Å². The van der Waals surface area contributed by atoms with Gasteiger partial charge in [-0.05, 0) is 55.8 Å². The van der Waals surface area contributed by atoms with E-state index in [9.17, 15) is 12.8 Å². The molecule has 0 aliphatic carbocycles. The average Bonchev–Trinajstić information content (AvgIpc) is 3.30. The van der Waals surface area contributed by atoms with Crippen molar-refractivity contribution in [1.29, 1.82) is 0 Å². The molecule has 0 fully saturated rings. The Labute approximate surface area is 173 Å². The predicted octanol–water partition coefficient (Wildman–Crippen LogP) is 5.43. The van der Waals surface area contributed by atoms with Gasteiger partial charge in [-0.15, -0.1) is 11.3 Å². The minimum absolute atomic E-state index is 0.292. The topological polar surface area (TPSA) is 52.0 Å². The molecule has 0 saturated heterocycles. The molecule has 4 aromatic rings. The number of aryl methyl sites for hydroxylation is 2. The normalized spacial score (nSPS) is 11.7. The van der Waals surface area contributed by atoms with E-state index in [-0.39, 0.29) is 4.90 Å². The molecule has 4 nitrogen and oxygen atoms in total. The Morgan fingerprint density at radius 2 is 1.83 bits per heavy atom. The molecule has 2 aromatic carbocycles. The van der Waals surface area contributed by atoms with E-state index < -0.39 is 15.7 Å². The van der Waals surface area contributed by atoms with E-state index in [4.69, 9.17) is 0 Å². The van der Waals surface area contributed by atoms with Crippen LogP contribution in [0.15, 0.2) is 64.3 Å². The van der Waals surface area contributed by atoms with E-state index in [1.165, 1.54) is 12.1 Å². The summed E-state index contributed by atoms with van der Waals surface area (Å²) in [5.41, 5.74) is 8.27. The highest BCUT2D eigenvalue weighted by atomic mass is 32.2. The minimum Gasteiger partial charge on any atom is -0.314 e. The van der Waals surface area contributed by atoms with Gasteiger partial charge in [0.2, 0.25) is 0 Å². The number of rotatable bonds is 4. The highest BCUT2D eigenvalue weighted by Gasteiger charge is 2.17. The molecule has 0 N–H and O–H groups in total. The van der Waals surface area contributed by atoms with Gasteiger partial charge in [0.05, 0.1) is 16.9 Å². The van der Waals surface area contributed by atoms with Crippen LogP contribution in [-0.4, -0.2) is 24.2 Å². The number of halogens is 1. The molecule has 148 valence electrons. The van der Waals surface area contributed by atoms with Gasteiger partial charge < -0.3 is 4.57 Å². The lowest BCUT2D eigenvalue weighted by molar-refractivity contribution is 0.571. The van der Waals surface area contributed by atoms with Gasteiger partial charge in [-0.2, -0.15) is 0 Å². The van der Waals surface area contributed by atoms with E-state index in [0.717, 1.165) is 40.2 Å². The van der Waals surface area contributed by atoms with Crippen LogP contribution in [0.25, 0.3) is 28.2 Å². The van der Waals surface area contributed by atoms with Crippen molar-refractivity contribution in [3.05, 3.63) is 76.5 Å². The van der Waals surface area contributed by atoms with Crippen LogP contribution >= 0.6 is 11.3 Å². The van der Waals surface area contributed by atoms with Crippen molar-refractivity contribution in [2.75, 3.05) is 6.26 Å². The number of sulfone groups is 1. The van der Waals surface area contributed by atoms with Gasteiger partial charge in [0.25, 0.3) is 0 Å². The monoisotopic (exact) mass is 426 g/mol.